The first-order chi connectivity index (χ1) is 14.3. The van der Waals surface area contributed by atoms with Crippen LogP contribution in [-0.2, 0) is 5.41 Å². The number of benzene rings is 4. The second-order valence-corrected chi connectivity index (χ2v) is 9.71. The maximum absolute atomic E-state index is 3.94. The van der Waals surface area contributed by atoms with E-state index in [0.717, 1.165) is 0 Å². The summed E-state index contributed by atoms with van der Waals surface area (Å²) in [4.78, 5) is 1.46. The van der Waals surface area contributed by atoms with E-state index >= 15 is 0 Å². The molecule has 0 bridgehead atoms. The van der Waals surface area contributed by atoms with E-state index in [-0.39, 0.29) is 5.41 Å². The molecule has 0 N–H and O–H groups in total. The zero-order chi connectivity index (χ0) is 19.2. The van der Waals surface area contributed by atoms with E-state index in [2.05, 4.69) is 107 Å². The second-order valence-electron chi connectivity index (χ2n) is 7.81. The monoisotopic (exact) mass is 450 g/mol. The van der Waals surface area contributed by atoms with E-state index in [1.54, 1.807) is 0 Å². The van der Waals surface area contributed by atoms with Gasteiger partial charge in [-0.3, -0.25) is 0 Å². The highest BCUT2D eigenvalue weighted by molar-refractivity contribution is 9.10. The lowest BCUT2D eigenvalue weighted by Gasteiger charge is -2.30. The summed E-state index contributed by atoms with van der Waals surface area (Å²) >= 11 is 5.90. The van der Waals surface area contributed by atoms with E-state index in [4.69, 9.17) is 0 Å². The van der Waals surface area contributed by atoms with Crippen molar-refractivity contribution >= 4 is 37.4 Å². The molecule has 1 atom stereocenters. The summed E-state index contributed by atoms with van der Waals surface area (Å²) in [5, 5.41) is 1.37. The predicted octanol–water partition coefficient (Wildman–Crippen LogP) is 8.01. The van der Waals surface area contributed by atoms with Crippen molar-refractivity contribution in [2.24, 2.45) is 0 Å². The van der Waals surface area contributed by atoms with Crippen LogP contribution in [0.25, 0.3) is 32.3 Å². The van der Waals surface area contributed by atoms with Crippen molar-refractivity contribution < 1.29 is 0 Å². The minimum Gasteiger partial charge on any atom is -0.138 e. The molecule has 29 heavy (non-hydrogen) atoms. The van der Waals surface area contributed by atoms with E-state index in [1.807, 2.05) is 11.3 Å². The van der Waals surface area contributed by atoms with Crippen LogP contribution >= 0.6 is 27.3 Å². The summed E-state index contributed by atoms with van der Waals surface area (Å²) in [7, 11) is 0. The summed E-state index contributed by atoms with van der Waals surface area (Å²) in [6.07, 6.45) is 0. The first-order valence-electron chi connectivity index (χ1n) is 9.82. The van der Waals surface area contributed by atoms with Gasteiger partial charge in [0.2, 0.25) is 0 Å². The van der Waals surface area contributed by atoms with E-state index < -0.39 is 0 Å². The zero-order valence-corrected chi connectivity index (χ0v) is 17.8. The first kappa shape index (κ1) is 16.2. The fraction of sp³-hybridized carbons (Fsp3) is 0.0370. The molecule has 0 saturated carbocycles. The summed E-state index contributed by atoms with van der Waals surface area (Å²) in [6.45, 7) is 0. The molecule has 2 aliphatic rings. The van der Waals surface area contributed by atoms with Crippen LogP contribution in [0.15, 0.2) is 95.5 Å². The van der Waals surface area contributed by atoms with Crippen molar-refractivity contribution in [1.29, 1.82) is 0 Å². The summed E-state index contributed by atoms with van der Waals surface area (Å²) in [6, 6.07) is 33.5. The largest absolute Gasteiger partial charge is 0.138 e. The Balaban J connectivity index is 1.78. The molecular formula is C27H15BrS. The van der Waals surface area contributed by atoms with Gasteiger partial charge in [-0.1, -0.05) is 94.8 Å². The average Bonchev–Trinajstić information content (AvgIpc) is 3.38. The Hall–Kier alpha value is -2.68. The fourth-order valence-corrected chi connectivity index (χ4v) is 7.66. The van der Waals surface area contributed by atoms with Gasteiger partial charge < -0.3 is 0 Å². The van der Waals surface area contributed by atoms with Crippen LogP contribution in [-0.4, -0.2) is 0 Å². The van der Waals surface area contributed by atoms with Crippen LogP contribution in [0.5, 0.6) is 0 Å². The molecule has 0 radical (unpaired) electrons. The molecule has 0 fully saturated rings. The van der Waals surface area contributed by atoms with Gasteiger partial charge in [0.1, 0.15) is 0 Å². The van der Waals surface area contributed by atoms with E-state index in [1.165, 1.54) is 58.4 Å². The molecular weight excluding hydrogens is 436 g/mol. The zero-order valence-electron chi connectivity index (χ0n) is 15.4. The lowest BCUT2D eigenvalue weighted by atomic mass is 9.74. The van der Waals surface area contributed by atoms with Crippen LogP contribution in [0.4, 0.5) is 0 Å². The molecule has 2 heteroatoms. The molecule has 4 aromatic carbocycles. The molecule has 0 amide bonds. The summed E-state index contributed by atoms with van der Waals surface area (Å²) in [5.74, 6) is 0. The minimum absolute atomic E-state index is 0.248. The van der Waals surface area contributed by atoms with Gasteiger partial charge in [-0.05, 0) is 45.5 Å². The van der Waals surface area contributed by atoms with Crippen molar-refractivity contribution in [2.45, 2.75) is 5.41 Å². The van der Waals surface area contributed by atoms with Gasteiger partial charge in [0.15, 0.2) is 0 Å². The standard InChI is InChI=1S/C27H15BrS/c28-22-14-7-11-17-16-8-1-4-12-20(16)27(25(17)22)21-13-5-2-9-18(21)24-19-10-3-6-15-23(19)29-26(24)27/h1-15H. The molecule has 2 aliphatic carbocycles. The number of halogens is 1. The number of hydrogen-bond donors (Lipinski definition) is 0. The molecule has 1 spiro atoms. The highest BCUT2D eigenvalue weighted by Gasteiger charge is 2.54. The van der Waals surface area contributed by atoms with Crippen molar-refractivity contribution in [3.63, 3.8) is 0 Å². The number of rotatable bonds is 0. The molecule has 0 nitrogen and oxygen atoms in total. The Morgan fingerprint density at radius 1 is 0.621 bits per heavy atom. The van der Waals surface area contributed by atoms with Crippen molar-refractivity contribution in [3.05, 3.63) is 117 Å². The Morgan fingerprint density at radius 2 is 1.28 bits per heavy atom. The van der Waals surface area contributed by atoms with Crippen molar-refractivity contribution in [3.8, 4) is 22.3 Å². The van der Waals surface area contributed by atoms with Gasteiger partial charge in [0.05, 0.1) is 5.41 Å². The average molecular weight is 451 g/mol. The van der Waals surface area contributed by atoms with Crippen molar-refractivity contribution in [1.82, 2.24) is 0 Å². The van der Waals surface area contributed by atoms with Crippen molar-refractivity contribution in [2.75, 3.05) is 0 Å². The highest BCUT2D eigenvalue weighted by atomic mass is 79.9. The van der Waals surface area contributed by atoms with Crippen LogP contribution in [0.2, 0.25) is 0 Å². The minimum atomic E-state index is -0.248. The molecule has 0 saturated heterocycles. The molecule has 0 aliphatic heterocycles. The Labute approximate surface area is 181 Å². The summed E-state index contributed by atoms with van der Waals surface area (Å²) in [5.41, 5.74) is 9.43. The van der Waals surface area contributed by atoms with Gasteiger partial charge >= 0.3 is 0 Å². The fourth-order valence-electron chi connectivity index (χ4n) is 5.55. The Kier molecular flexibility index (Phi) is 3.05. The third-order valence-electron chi connectivity index (χ3n) is 6.55. The SMILES string of the molecule is Brc1cccc2c1C1(c3ccccc3-2)c2ccccc2-c2c1sc1ccccc21. The van der Waals surface area contributed by atoms with Crippen LogP contribution in [0.1, 0.15) is 21.6 Å². The van der Waals surface area contributed by atoms with Gasteiger partial charge in [-0.15, -0.1) is 11.3 Å². The second kappa shape index (κ2) is 5.47. The molecule has 1 unspecified atom stereocenters. The highest BCUT2D eigenvalue weighted by Crippen LogP contribution is 2.66. The number of hydrogen-bond acceptors (Lipinski definition) is 1. The summed E-state index contributed by atoms with van der Waals surface area (Å²) < 4.78 is 2.55. The normalized spacial score (nSPS) is 18.0. The lowest BCUT2D eigenvalue weighted by molar-refractivity contribution is 0.807. The van der Waals surface area contributed by atoms with Crippen LogP contribution in [0.3, 0.4) is 0 Å². The van der Waals surface area contributed by atoms with E-state index in [9.17, 15) is 0 Å². The third kappa shape index (κ3) is 1.77. The predicted molar refractivity (Wildman–Crippen MR) is 126 cm³/mol. The van der Waals surface area contributed by atoms with Gasteiger partial charge in [-0.25, -0.2) is 0 Å². The molecule has 7 rings (SSSR count). The van der Waals surface area contributed by atoms with Crippen LogP contribution < -0.4 is 0 Å². The van der Waals surface area contributed by atoms with E-state index in [0.29, 0.717) is 0 Å². The topological polar surface area (TPSA) is 0 Å². The van der Waals surface area contributed by atoms with Gasteiger partial charge in [-0.2, -0.15) is 0 Å². The number of thiophene rings is 1. The lowest BCUT2D eigenvalue weighted by Crippen LogP contribution is -2.25. The maximum atomic E-state index is 3.94. The third-order valence-corrected chi connectivity index (χ3v) is 8.50. The quantitative estimate of drug-likeness (QED) is 0.219. The Morgan fingerprint density at radius 3 is 2.14 bits per heavy atom. The number of fused-ring (bicyclic) bond motifs is 12. The maximum Gasteiger partial charge on any atom is 0.0830 e. The molecule has 136 valence electrons. The van der Waals surface area contributed by atoms with Gasteiger partial charge in [0, 0.05) is 25.0 Å². The Bertz CT molecular complexity index is 1480. The van der Waals surface area contributed by atoms with Crippen LogP contribution in [0, 0.1) is 0 Å². The van der Waals surface area contributed by atoms with Gasteiger partial charge in [0.25, 0.3) is 0 Å². The molecule has 5 aromatic rings. The smallest absolute Gasteiger partial charge is 0.0830 e. The molecule has 1 heterocycles. The first-order valence-corrected chi connectivity index (χ1v) is 11.4. The molecule has 1 aromatic heterocycles.